The van der Waals surface area contributed by atoms with E-state index < -0.39 is 17.9 Å². The molecule has 132 valence electrons. The summed E-state index contributed by atoms with van der Waals surface area (Å²) in [5.41, 5.74) is 0.945. The van der Waals surface area contributed by atoms with E-state index in [4.69, 9.17) is 14.6 Å². The number of carbonyl (C=O) groups is 2. The Labute approximate surface area is 149 Å². The minimum atomic E-state index is -0.934. The van der Waals surface area contributed by atoms with Crippen molar-refractivity contribution in [1.82, 2.24) is 5.32 Å². The number of fused-ring (bicyclic) bond motifs is 1. The number of thiophene rings is 1. The maximum Gasteiger partial charge on any atom is 0.308 e. The van der Waals surface area contributed by atoms with Crippen LogP contribution in [0.1, 0.15) is 23.5 Å². The maximum absolute atomic E-state index is 12.3. The van der Waals surface area contributed by atoms with Crippen molar-refractivity contribution in [1.29, 1.82) is 0 Å². The SMILES string of the molecule is CC(NC(=O)c1ccc(-c2ccc3c(c2)OCCO3)s1)C(C)C(=O)O. The van der Waals surface area contributed by atoms with Gasteiger partial charge in [0.1, 0.15) is 13.2 Å². The normalized spacial score (nSPS) is 15.3. The molecule has 25 heavy (non-hydrogen) atoms. The molecule has 0 aliphatic carbocycles. The van der Waals surface area contributed by atoms with Crippen molar-refractivity contribution in [3.63, 3.8) is 0 Å². The molecule has 0 radical (unpaired) electrons. The summed E-state index contributed by atoms with van der Waals surface area (Å²) in [6.07, 6.45) is 0. The first-order chi connectivity index (χ1) is 12.0. The summed E-state index contributed by atoms with van der Waals surface area (Å²) in [5, 5.41) is 11.8. The van der Waals surface area contributed by atoms with Crippen molar-refractivity contribution >= 4 is 23.2 Å². The van der Waals surface area contributed by atoms with E-state index in [0.717, 1.165) is 16.2 Å². The zero-order valence-corrected chi connectivity index (χ0v) is 14.8. The van der Waals surface area contributed by atoms with E-state index in [1.54, 1.807) is 19.9 Å². The first-order valence-electron chi connectivity index (χ1n) is 7.99. The fraction of sp³-hybridized carbons (Fsp3) is 0.333. The highest BCUT2D eigenvalue weighted by atomic mass is 32.1. The zero-order valence-electron chi connectivity index (χ0n) is 13.9. The number of benzene rings is 1. The molecule has 1 aromatic heterocycles. The van der Waals surface area contributed by atoms with E-state index in [-0.39, 0.29) is 5.91 Å². The Balaban J connectivity index is 1.74. The Kier molecular flexibility index (Phi) is 4.94. The van der Waals surface area contributed by atoms with Gasteiger partial charge < -0.3 is 19.9 Å². The Morgan fingerprint density at radius 1 is 1.12 bits per heavy atom. The van der Waals surface area contributed by atoms with E-state index in [0.29, 0.717) is 23.8 Å². The summed E-state index contributed by atoms with van der Waals surface area (Å²) >= 11 is 1.35. The van der Waals surface area contributed by atoms with Crippen LogP contribution in [0.2, 0.25) is 0 Å². The number of hydrogen-bond acceptors (Lipinski definition) is 5. The molecule has 6 nitrogen and oxygen atoms in total. The molecule has 1 amide bonds. The number of carbonyl (C=O) groups excluding carboxylic acids is 1. The summed E-state index contributed by atoms with van der Waals surface area (Å²) in [7, 11) is 0. The number of carboxylic acids is 1. The van der Waals surface area contributed by atoms with Crippen molar-refractivity contribution in [3.05, 3.63) is 35.2 Å². The second-order valence-electron chi connectivity index (χ2n) is 5.91. The number of aliphatic carboxylic acids is 1. The van der Waals surface area contributed by atoms with Crippen molar-refractivity contribution < 1.29 is 24.2 Å². The summed E-state index contributed by atoms with van der Waals surface area (Å²) in [4.78, 5) is 24.8. The highest BCUT2D eigenvalue weighted by Gasteiger charge is 2.22. The quantitative estimate of drug-likeness (QED) is 0.855. The van der Waals surface area contributed by atoms with E-state index in [1.165, 1.54) is 11.3 Å². The maximum atomic E-state index is 12.3. The lowest BCUT2D eigenvalue weighted by molar-refractivity contribution is -0.141. The highest BCUT2D eigenvalue weighted by Crippen LogP contribution is 2.36. The molecule has 0 saturated carbocycles. The van der Waals surface area contributed by atoms with Crippen LogP contribution in [0.15, 0.2) is 30.3 Å². The predicted molar refractivity (Wildman–Crippen MR) is 94.5 cm³/mol. The monoisotopic (exact) mass is 361 g/mol. The molecule has 1 aliphatic rings. The van der Waals surface area contributed by atoms with Crippen LogP contribution in [0.3, 0.4) is 0 Å². The highest BCUT2D eigenvalue weighted by molar-refractivity contribution is 7.17. The molecule has 2 unspecified atom stereocenters. The van der Waals surface area contributed by atoms with Gasteiger partial charge in [-0.05, 0) is 49.7 Å². The molecule has 0 spiro atoms. The van der Waals surface area contributed by atoms with Gasteiger partial charge in [-0.15, -0.1) is 11.3 Å². The molecular formula is C18H19NO5S. The number of nitrogens with one attached hydrogen (secondary N) is 1. The van der Waals surface area contributed by atoms with Crippen LogP contribution in [-0.4, -0.2) is 36.2 Å². The second kappa shape index (κ2) is 7.14. The van der Waals surface area contributed by atoms with Gasteiger partial charge in [-0.1, -0.05) is 0 Å². The first kappa shape index (κ1) is 17.3. The Morgan fingerprint density at radius 2 is 1.84 bits per heavy atom. The lowest BCUT2D eigenvalue weighted by atomic mass is 10.0. The Hall–Kier alpha value is -2.54. The predicted octanol–water partition coefficient (Wildman–Crippen LogP) is 3.03. The molecule has 3 rings (SSSR count). The van der Waals surface area contributed by atoms with Crippen LogP contribution in [0, 0.1) is 5.92 Å². The van der Waals surface area contributed by atoms with E-state index in [1.807, 2.05) is 24.3 Å². The van der Waals surface area contributed by atoms with Crippen LogP contribution in [0.25, 0.3) is 10.4 Å². The zero-order chi connectivity index (χ0) is 18.0. The minimum absolute atomic E-state index is 0.269. The third-order valence-electron chi connectivity index (χ3n) is 4.15. The van der Waals surface area contributed by atoms with Crippen molar-refractivity contribution in [2.45, 2.75) is 19.9 Å². The molecule has 2 N–H and O–H groups in total. The summed E-state index contributed by atoms with van der Waals surface area (Å²) in [6.45, 7) is 4.32. The van der Waals surface area contributed by atoms with Gasteiger partial charge in [-0.3, -0.25) is 9.59 Å². The van der Waals surface area contributed by atoms with Crippen molar-refractivity contribution in [3.8, 4) is 21.9 Å². The smallest absolute Gasteiger partial charge is 0.308 e. The molecule has 0 bridgehead atoms. The van der Waals surface area contributed by atoms with Gasteiger partial charge in [0.2, 0.25) is 0 Å². The van der Waals surface area contributed by atoms with Gasteiger partial charge in [-0.2, -0.15) is 0 Å². The van der Waals surface area contributed by atoms with Gasteiger partial charge in [0.25, 0.3) is 5.91 Å². The lowest BCUT2D eigenvalue weighted by Gasteiger charge is -2.18. The molecule has 0 saturated heterocycles. The third kappa shape index (κ3) is 3.76. The van der Waals surface area contributed by atoms with Gasteiger partial charge in [0, 0.05) is 10.9 Å². The minimum Gasteiger partial charge on any atom is -0.486 e. The molecular weight excluding hydrogens is 342 g/mol. The largest absolute Gasteiger partial charge is 0.486 e. The number of rotatable bonds is 5. The first-order valence-corrected chi connectivity index (χ1v) is 8.81. The van der Waals surface area contributed by atoms with Crippen LogP contribution >= 0.6 is 11.3 Å². The van der Waals surface area contributed by atoms with E-state index in [9.17, 15) is 9.59 Å². The summed E-state index contributed by atoms with van der Waals surface area (Å²) in [5.74, 6) is -0.431. The van der Waals surface area contributed by atoms with Crippen molar-refractivity contribution in [2.75, 3.05) is 13.2 Å². The number of carboxylic acid groups (broad SMARTS) is 1. The summed E-state index contributed by atoms with van der Waals surface area (Å²) < 4.78 is 11.1. The molecule has 0 fully saturated rings. The molecule has 1 aromatic carbocycles. The third-order valence-corrected chi connectivity index (χ3v) is 5.29. The van der Waals surface area contributed by atoms with Crippen LogP contribution in [-0.2, 0) is 4.79 Å². The molecule has 2 atom stereocenters. The van der Waals surface area contributed by atoms with Gasteiger partial charge in [-0.25, -0.2) is 0 Å². The fourth-order valence-electron chi connectivity index (χ4n) is 2.43. The van der Waals surface area contributed by atoms with Gasteiger partial charge in [0.05, 0.1) is 10.8 Å². The van der Waals surface area contributed by atoms with E-state index in [2.05, 4.69) is 5.32 Å². The molecule has 2 aromatic rings. The second-order valence-corrected chi connectivity index (χ2v) is 7.00. The van der Waals surface area contributed by atoms with Crippen LogP contribution < -0.4 is 14.8 Å². The van der Waals surface area contributed by atoms with E-state index >= 15 is 0 Å². The van der Waals surface area contributed by atoms with Crippen LogP contribution in [0.5, 0.6) is 11.5 Å². The number of ether oxygens (including phenoxy) is 2. The average Bonchev–Trinajstić information content (AvgIpc) is 3.10. The number of hydrogen-bond donors (Lipinski definition) is 2. The van der Waals surface area contributed by atoms with Crippen LogP contribution in [0.4, 0.5) is 0 Å². The van der Waals surface area contributed by atoms with Gasteiger partial charge >= 0.3 is 5.97 Å². The molecule has 1 aliphatic heterocycles. The standard InChI is InChI=1S/C18H19NO5S/c1-10(18(21)22)11(2)19-17(20)16-6-5-15(25-16)12-3-4-13-14(9-12)24-8-7-23-13/h3-6,9-11H,7-8H2,1-2H3,(H,19,20)(H,21,22). The molecule has 7 heteroatoms. The number of amides is 1. The van der Waals surface area contributed by atoms with Crippen molar-refractivity contribution in [2.24, 2.45) is 5.92 Å². The topological polar surface area (TPSA) is 84.9 Å². The molecule has 2 heterocycles. The summed E-state index contributed by atoms with van der Waals surface area (Å²) in [6, 6.07) is 8.85. The lowest BCUT2D eigenvalue weighted by Crippen LogP contribution is -2.39. The Bertz CT molecular complexity index is 801. The van der Waals surface area contributed by atoms with Gasteiger partial charge in [0.15, 0.2) is 11.5 Å². The Morgan fingerprint density at radius 3 is 2.56 bits per heavy atom. The fourth-order valence-corrected chi connectivity index (χ4v) is 3.33. The average molecular weight is 361 g/mol.